The predicted molar refractivity (Wildman–Crippen MR) is 44.4 cm³/mol. The highest BCUT2D eigenvalue weighted by Crippen LogP contribution is 2.06. The Bertz CT molecular complexity index is 116. The van der Waals surface area contributed by atoms with Gasteiger partial charge in [-0.2, -0.15) is 11.8 Å². The lowest BCUT2D eigenvalue weighted by molar-refractivity contribution is -0.136. The molecule has 2 nitrogen and oxygen atoms in total. The summed E-state index contributed by atoms with van der Waals surface area (Å²) in [7, 11) is 0. The van der Waals surface area contributed by atoms with E-state index in [0.717, 1.165) is 11.3 Å². The topological polar surface area (TPSA) is 37.3 Å². The highest BCUT2D eigenvalue weighted by atomic mass is 32.2. The van der Waals surface area contributed by atoms with Gasteiger partial charge in [0.15, 0.2) is 0 Å². The van der Waals surface area contributed by atoms with Crippen molar-refractivity contribution in [3.8, 4) is 0 Å². The molecule has 0 spiro atoms. The van der Waals surface area contributed by atoms with E-state index < -0.39 is 5.97 Å². The van der Waals surface area contributed by atoms with E-state index >= 15 is 0 Å². The van der Waals surface area contributed by atoms with Gasteiger partial charge in [-0.1, -0.05) is 12.2 Å². The predicted octanol–water partition coefficient (Wildman–Crippen LogP) is 1.77. The van der Waals surface area contributed by atoms with Gasteiger partial charge in [0, 0.05) is 11.5 Å². The SMILES string of the molecule is C=C(C)CSCCC(=O)O. The second kappa shape index (κ2) is 5.35. The zero-order valence-corrected chi connectivity index (χ0v) is 6.91. The maximum atomic E-state index is 10.0. The van der Waals surface area contributed by atoms with Gasteiger partial charge in [-0.05, 0) is 6.92 Å². The fourth-order valence-electron chi connectivity index (χ4n) is 0.406. The van der Waals surface area contributed by atoms with E-state index in [4.69, 9.17) is 5.11 Å². The lowest BCUT2D eigenvalue weighted by Gasteiger charge is -1.96. The highest BCUT2D eigenvalue weighted by Gasteiger charge is 1.95. The van der Waals surface area contributed by atoms with Crippen molar-refractivity contribution in [2.24, 2.45) is 0 Å². The van der Waals surface area contributed by atoms with Crippen LogP contribution in [0.3, 0.4) is 0 Å². The molecule has 0 aromatic rings. The molecule has 0 fully saturated rings. The minimum atomic E-state index is -0.728. The maximum Gasteiger partial charge on any atom is 0.304 e. The van der Waals surface area contributed by atoms with Crippen LogP contribution in [0.4, 0.5) is 0 Å². The van der Waals surface area contributed by atoms with Crippen molar-refractivity contribution in [1.29, 1.82) is 0 Å². The van der Waals surface area contributed by atoms with Gasteiger partial charge in [0.1, 0.15) is 0 Å². The summed E-state index contributed by atoms with van der Waals surface area (Å²) in [6.45, 7) is 5.64. The van der Waals surface area contributed by atoms with E-state index in [-0.39, 0.29) is 6.42 Å². The molecular weight excluding hydrogens is 148 g/mol. The molecule has 0 aliphatic carbocycles. The lowest BCUT2D eigenvalue weighted by atomic mass is 10.4. The summed E-state index contributed by atoms with van der Waals surface area (Å²) in [5, 5.41) is 8.24. The molecule has 0 rings (SSSR count). The van der Waals surface area contributed by atoms with Crippen molar-refractivity contribution in [1.82, 2.24) is 0 Å². The Morgan fingerprint density at radius 2 is 2.30 bits per heavy atom. The van der Waals surface area contributed by atoms with Crippen molar-refractivity contribution in [3.63, 3.8) is 0 Å². The molecule has 0 aromatic carbocycles. The number of thioether (sulfide) groups is 1. The van der Waals surface area contributed by atoms with Crippen LogP contribution in [0.15, 0.2) is 12.2 Å². The Kier molecular flexibility index (Phi) is 5.12. The van der Waals surface area contributed by atoms with Crippen LogP contribution < -0.4 is 0 Å². The van der Waals surface area contributed by atoms with E-state index in [9.17, 15) is 4.79 Å². The first-order valence-electron chi connectivity index (χ1n) is 3.07. The van der Waals surface area contributed by atoms with E-state index in [1.165, 1.54) is 0 Å². The third-order valence-electron chi connectivity index (χ3n) is 0.809. The fraction of sp³-hybridized carbons (Fsp3) is 0.571. The second-order valence-electron chi connectivity index (χ2n) is 2.15. The third kappa shape index (κ3) is 7.56. The standard InChI is InChI=1S/C7H12O2S/c1-6(2)5-10-4-3-7(8)9/h1,3-5H2,2H3,(H,8,9). The van der Waals surface area contributed by atoms with Crippen molar-refractivity contribution in [2.75, 3.05) is 11.5 Å². The van der Waals surface area contributed by atoms with Gasteiger partial charge < -0.3 is 5.11 Å². The van der Waals surface area contributed by atoms with Crippen LogP contribution in [0.25, 0.3) is 0 Å². The van der Waals surface area contributed by atoms with Gasteiger partial charge in [0.25, 0.3) is 0 Å². The van der Waals surface area contributed by atoms with E-state index in [1.54, 1.807) is 11.8 Å². The van der Waals surface area contributed by atoms with Gasteiger partial charge in [-0.3, -0.25) is 4.79 Å². The number of hydrogen-bond donors (Lipinski definition) is 1. The average Bonchev–Trinajstić information content (AvgIpc) is 1.79. The molecule has 0 aromatic heterocycles. The Morgan fingerprint density at radius 3 is 2.70 bits per heavy atom. The summed E-state index contributed by atoms with van der Waals surface area (Å²) in [6, 6.07) is 0. The summed E-state index contributed by atoms with van der Waals surface area (Å²) in [5.74, 6) is 0.823. The van der Waals surface area contributed by atoms with Gasteiger partial charge in [0.2, 0.25) is 0 Å². The Labute approximate surface area is 65.3 Å². The summed E-state index contributed by atoms with van der Waals surface area (Å²) in [6.07, 6.45) is 0.248. The van der Waals surface area contributed by atoms with Crippen LogP contribution in [0.2, 0.25) is 0 Å². The molecule has 0 heterocycles. The van der Waals surface area contributed by atoms with Crippen LogP contribution in [0.5, 0.6) is 0 Å². The summed E-state index contributed by atoms with van der Waals surface area (Å²) >= 11 is 1.61. The lowest BCUT2D eigenvalue weighted by Crippen LogP contribution is -1.96. The molecule has 58 valence electrons. The van der Waals surface area contributed by atoms with Gasteiger partial charge in [-0.15, -0.1) is 0 Å². The number of carboxylic acids is 1. The van der Waals surface area contributed by atoms with Crippen molar-refractivity contribution < 1.29 is 9.90 Å². The quantitative estimate of drug-likeness (QED) is 0.492. The molecule has 0 saturated carbocycles. The Balaban J connectivity index is 3.06. The molecule has 10 heavy (non-hydrogen) atoms. The zero-order chi connectivity index (χ0) is 7.98. The first kappa shape index (κ1) is 9.56. The largest absolute Gasteiger partial charge is 0.481 e. The first-order valence-corrected chi connectivity index (χ1v) is 4.22. The zero-order valence-electron chi connectivity index (χ0n) is 6.09. The van der Waals surface area contributed by atoms with Crippen LogP contribution >= 0.6 is 11.8 Å². The van der Waals surface area contributed by atoms with Crippen LogP contribution in [0.1, 0.15) is 13.3 Å². The molecular formula is C7H12O2S. The monoisotopic (exact) mass is 160 g/mol. The Morgan fingerprint density at radius 1 is 1.70 bits per heavy atom. The number of hydrogen-bond acceptors (Lipinski definition) is 2. The summed E-state index contributed by atoms with van der Waals surface area (Å²) in [5.41, 5.74) is 1.09. The van der Waals surface area contributed by atoms with E-state index in [1.807, 2.05) is 6.92 Å². The number of rotatable bonds is 5. The van der Waals surface area contributed by atoms with Crippen LogP contribution in [-0.4, -0.2) is 22.6 Å². The third-order valence-corrected chi connectivity index (χ3v) is 2.00. The van der Waals surface area contributed by atoms with Crippen molar-refractivity contribution in [2.45, 2.75) is 13.3 Å². The van der Waals surface area contributed by atoms with Crippen molar-refractivity contribution in [3.05, 3.63) is 12.2 Å². The molecule has 0 radical (unpaired) electrons. The van der Waals surface area contributed by atoms with E-state index in [2.05, 4.69) is 6.58 Å². The summed E-state index contributed by atoms with van der Waals surface area (Å²) < 4.78 is 0. The first-order chi connectivity index (χ1) is 4.63. The van der Waals surface area contributed by atoms with E-state index in [0.29, 0.717) is 5.75 Å². The molecule has 0 bridgehead atoms. The van der Waals surface area contributed by atoms with Crippen molar-refractivity contribution >= 4 is 17.7 Å². The van der Waals surface area contributed by atoms with Crippen LogP contribution in [0, 0.1) is 0 Å². The van der Waals surface area contributed by atoms with Gasteiger partial charge in [0.05, 0.1) is 6.42 Å². The second-order valence-corrected chi connectivity index (χ2v) is 3.26. The normalized spacial score (nSPS) is 9.30. The van der Waals surface area contributed by atoms with Gasteiger partial charge in [-0.25, -0.2) is 0 Å². The molecule has 0 aliphatic heterocycles. The minimum absolute atomic E-state index is 0.248. The number of carboxylic acid groups (broad SMARTS) is 1. The molecule has 0 aliphatic rings. The molecule has 1 N–H and O–H groups in total. The Hall–Kier alpha value is -0.440. The smallest absolute Gasteiger partial charge is 0.304 e. The average molecular weight is 160 g/mol. The molecule has 3 heteroatoms. The summed E-state index contributed by atoms with van der Waals surface area (Å²) in [4.78, 5) is 10.0. The molecule has 0 amide bonds. The maximum absolute atomic E-state index is 10.0. The highest BCUT2D eigenvalue weighted by molar-refractivity contribution is 7.99. The molecule has 0 unspecified atom stereocenters. The number of aliphatic carboxylic acids is 1. The number of carbonyl (C=O) groups is 1. The molecule has 0 saturated heterocycles. The minimum Gasteiger partial charge on any atom is -0.481 e. The van der Waals surface area contributed by atoms with Gasteiger partial charge >= 0.3 is 5.97 Å². The fourth-order valence-corrected chi connectivity index (χ4v) is 1.22. The van der Waals surface area contributed by atoms with Crippen LogP contribution in [-0.2, 0) is 4.79 Å². The molecule has 0 atom stereocenters.